The van der Waals surface area contributed by atoms with E-state index in [1.807, 2.05) is 17.5 Å². The molecule has 116 valence electrons. The molecule has 0 radical (unpaired) electrons. The van der Waals surface area contributed by atoms with Crippen LogP contribution in [0.2, 0.25) is 0 Å². The lowest BCUT2D eigenvalue weighted by molar-refractivity contribution is 0.554. The van der Waals surface area contributed by atoms with Crippen molar-refractivity contribution in [1.82, 2.24) is 10.3 Å². The molecule has 0 bridgehead atoms. The molecule has 3 nitrogen and oxygen atoms in total. The van der Waals surface area contributed by atoms with E-state index in [1.165, 1.54) is 9.75 Å². The molecule has 2 rings (SSSR count). The first-order valence-corrected chi connectivity index (χ1v) is 9.16. The van der Waals surface area contributed by atoms with Gasteiger partial charge in [-0.15, -0.1) is 22.7 Å². The van der Waals surface area contributed by atoms with Crippen molar-refractivity contribution in [3.05, 3.63) is 33.5 Å². The normalized spacial score (nSPS) is 12.8. The second-order valence-corrected chi connectivity index (χ2v) is 8.00. The third-order valence-corrected chi connectivity index (χ3v) is 5.42. The van der Waals surface area contributed by atoms with Crippen LogP contribution in [-0.4, -0.2) is 24.6 Å². The zero-order chi connectivity index (χ0) is 15.2. The van der Waals surface area contributed by atoms with Crippen LogP contribution in [0.4, 0.5) is 5.13 Å². The van der Waals surface area contributed by atoms with Gasteiger partial charge in [0.2, 0.25) is 0 Å². The molecule has 0 aliphatic carbocycles. The molecule has 2 aromatic rings. The standard InChI is InChI=1S/C16H25N3S2/c1-12(2)9-17-10-15-11-18-16(21-15)19(4)13(3)8-14-6-5-7-20-14/h5-7,11-13,17H,8-10H2,1-4H3. The van der Waals surface area contributed by atoms with Crippen LogP contribution in [0.15, 0.2) is 23.7 Å². The van der Waals surface area contributed by atoms with E-state index in [0.29, 0.717) is 12.0 Å². The van der Waals surface area contributed by atoms with Crippen LogP contribution in [0.1, 0.15) is 30.5 Å². The number of thiophene rings is 1. The average Bonchev–Trinajstić information content (AvgIpc) is 3.09. The van der Waals surface area contributed by atoms with Crippen LogP contribution in [0, 0.1) is 5.92 Å². The van der Waals surface area contributed by atoms with E-state index in [-0.39, 0.29) is 0 Å². The molecule has 21 heavy (non-hydrogen) atoms. The van der Waals surface area contributed by atoms with Gasteiger partial charge in [0.1, 0.15) is 0 Å². The van der Waals surface area contributed by atoms with E-state index in [0.717, 1.165) is 24.6 Å². The molecule has 2 heterocycles. The summed E-state index contributed by atoms with van der Waals surface area (Å²) in [6.45, 7) is 8.69. The lowest BCUT2D eigenvalue weighted by Gasteiger charge is -2.23. The molecule has 0 aliphatic rings. The SMILES string of the molecule is CC(C)CNCc1cnc(N(C)C(C)Cc2cccs2)s1. The van der Waals surface area contributed by atoms with Crippen LogP contribution in [0.5, 0.6) is 0 Å². The molecule has 1 N–H and O–H groups in total. The maximum atomic E-state index is 4.57. The minimum atomic E-state index is 0.464. The number of nitrogens with zero attached hydrogens (tertiary/aromatic N) is 2. The first-order valence-electron chi connectivity index (χ1n) is 7.47. The number of hydrogen-bond acceptors (Lipinski definition) is 5. The van der Waals surface area contributed by atoms with Crippen LogP contribution < -0.4 is 10.2 Å². The predicted octanol–water partition coefficient (Wildman–Crippen LogP) is 4.02. The molecule has 0 saturated heterocycles. The molecule has 0 saturated carbocycles. The largest absolute Gasteiger partial charge is 0.348 e. The fourth-order valence-corrected chi connectivity index (χ4v) is 3.84. The van der Waals surface area contributed by atoms with Crippen molar-refractivity contribution in [3.63, 3.8) is 0 Å². The summed E-state index contributed by atoms with van der Waals surface area (Å²) in [6, 6.07) is 4.79. The van der Waals surface area contributed by atoms with Crippen molar-refractivity contribution in [2.45, 2.75) is 39.8 Å². The van der Waals surface area contributed by atoms with Gasteiger partial charge in [-0.3, -0.25) is 0 Å². The minimum absolute atomic E-state index is 0.464. The van der Waals surface area contributed by atoms with Crippen LogP contribution >= 0.6 is 22.7 Å². The molecule has 0 aliphatic heterocycles. The van der Waals surface area contributed by atoms with Gasteiger partial charge in [0.15, 0.2) is 5.13 Å². The van der Waals surface area contributed by atoms with E-state index in [1.54, 1.807) is 11.3 Å². The van der Waals surface area contributed by atoms with Gasteiger partial charge in [0.05, 0.1) is 0 Å². The van der Waals surface area contributed by atoms with Crippen molar-refractivity contribution in [2.24, 2.45) is 5.92 Å². The number of hydrogen-bond donors (Lipinski definition) is 1. The van der Waals surface area contributed by atoms with E-state index in [2.05, 4.69) is 60.5 Å². The van der Waals surface area contributed by atoms with Crippen LogP contribution in [-0.2, 0) is 13.0 Å². The highest BCUT2D eigenvalue weighted by atomic mass is 32.1. The molecule has 1 atom stereocenters. The molecule has 2 aromatic heterocycles. The summed E-state index contributed by atoms with van der Waals surface area (Å²) < 4.78 is 0. The van der Waals surface area contributed by atoms with E-state index in [9.17, 15) is 0 Å². The van der Waals surface area contributed by atoms with Crippen molar-refractivity contribution >= 4 is 27.8 Å². The Morgan fingerprint density at radius 2 is 2.10 bits per heavy atom. The van der Waals surface area contributed by atoms with E-state index in [4.69, 9.17) is 0 Å². The topological polar surface area (TPSA) is 28.2 Å². The molecule has 0 amide bonds. The number of thiazole rings is 1. The summed E-state index contributed by atoms with van der Waals surface area (Å²) >= 11 is 3.62. The van der Waals surface area contributed by atoms with Gasteiger partial charge in [0.25, 0.3) is 0 Å². The Morgan fingerprint density at radius 3 is 2.76 bits per heavy atom. The lowest BCUT2D eigenvalue weighted by Crippen LogP contribution is -2.30. The third-order valence-electron chi connectivity index (χ3n) is 3.43. The Bertz CT molecular complexity index is 519. The smallest absolute Gasteiger partial charge is 0.185 e. The summed E-state index contributed by atoms with van der Waals surface area (Å²) in [6.07, 6.45) is 3.08. The quantitative estimate of drug-likeness (QED) is 0.795. The van der Waals surface area contributed by atoms with E-state index < -0.39 is 0 Å². The first-order chi connectivity index (χ1) is 10.1. The average molecular weight is 324 g/mol. The minimum Gasteiger partial charge on any atom is -0.348 e. The van der Waals surface area contributed by atoms with Gasteiger partial charge in [-0.25, -0.2) is 4.98 Å². The first kappa shape index (κ1) is 16.5. The molecule has 5 heteroatoms. The summed E-state index contributed by atoms with van der Waals surface area (Å²) in [5.41, 5.74) is 0. The number of rotatable bonds is 8. The molecule has 1 unspecified atom stereocenters. The number of nitrogens with one attached hydrogen (secondary N) is 1. The molecular formula is C16H25N3S2. The highest BCUT2D eigenvalue weighted by molar-refractivity contribution is 7.15. The van der Waals surface area contributed by atoms with Gasteiger partial charge >= 0.3 is 0 Å². The second-order valence-electron chi connectivity index (χ2n) is 5.88. The summed E-state index contributed by atoms with van der Waals surface area (Å²) in [7, 11) is 2.14. The zero-order valence-corrected chi connectivity index (χ0v) is 14.9. The maximum absolute atomic E-state index is 4.57. The fourth-order valence-electron chi connectivity index (χ4n) is 2.07. The second kappa shape index (κ2) is 7.92. The Hall–Kier alpha value is -0.910. The number of aromatic nitrogens is 1. The molecule has 0 fully saturated rings. The van der Waals surface area contributed by atoms with Gasteiger partial charge in [-0.2, -0.15) is 0 Å². The Kier molecular flexibility index (Phi) is 6.21. The van der Waals surface area contributed by atoms with Gasteiger partial charge < -0.3 is 10.2 Å². The highest BCUT2D eigenvalue weighted by Crippen LogP contribution is 2.24. The third kappa shape index (κ3) is 5.09. The van der Waals surface area contributed by atoms with Crippen molar-refractivity contribution in [1.29, 1.82) is 0 Å². The Labute approximate surface area is 136 Å². The maximum Gasteiger partial charge on any atom is 0.185 e. The number of likely N-dealkylation sites (N-methyl/N-ethyl adjacent to an activating group) is 1. The summed E-state index contributed by atoms with van der Waals surface area (Å²) in [5, 5.41) is 6.73. The van der Waals surface area contributed by atoms with E-state index >= 15 is 0 Å². The van der Waals surface area contributed by atoms with Crippen molar-refractivity contribution in [3.8, 4) is 0 Å². The number of anilines is 1. The molecular weight excluding hydrogens is 298 g/mol. The molecule has 0 spiro atoms. The Morgan fingerprint density at radius 1 is 1.29 bits per heavy atom. The zero-order valence-electron chi connectivity index (χ0n) is 13.3. The van der Waals surface area contributed by atoms with Gasteiger partial charge in [-0.1, -0.05) is 19.9 Å². The Balaban J connectivity index is 1.87. The van der Waals surface area contributed by atoms with Gasteiger partial charge in [0, 0.05) is 42.0 Å². The predicted molar refractivity (Wildman–Crippen MR) is 94.5 cm³/mol. The van der Waals surface area contributed by atoms with Gasteiger partial charge in [-0.05, 0) is 30.8 Å². The summed E-state index contributed by atoms with van der Waals surface area (Å²) in [5.74, 6) is 0.686. The van der Waals surface area contributed by atoms with Crippen LogP contribution in [0.25, 0.3) is 0 Å². The highest BCUT2D eigenvalue weighted by Gasteiger charge is 2.14. The lowest BCUT2D eigenvalue weighted by atomic mass is 10.2. The van der Waals surface area contributed by atoms with Crippen molar-refractivity contribution in [2.75, 3.05) is 18.5 Å². The fraction of sp³-hybridized carbons (Fsp3) is 0.562. The monoisotopic (exact) mass is 323 g/mol. The molecule has 0 aromatic carbocycles. The van der Waals surface area contributed by atoms with Crippen LogP contribution in [0.3, 0.4) is 0 Å². The van der Waals surface area contributed by atoms with Crippen molar-refractivity contribution < 1.29 is 0 Å². The summed E-state index contributed by atoms with van der Waals surface area (Å²) in [4.78, 5) is 9.60.